The third kappa shape index (κ3) is 5.16. The molecule has 0 bridgehead atoms. The average Bonchev–Trinajstić information content (AvgIpc) is 3.53. The molecular weight excluding hydrogens is 481 g/mol. The van der Waals surface area contributed by atoms with Crippen LogP contribution in [-0.2, 0) is 10.0 Å². The first kappa shape index (κ1) is 24.9. The van der Waals surface area contributed by atoms with Gasteiger partial charge in [-0.1, -0.05) is 25.0 Å². The number of carbonyl (C=O) groups excluding carboxylic acids is 1. The van der Waals surface area contributed by atoms with Gasteiger partial charge in [-0.3, -0.25) is 9.89 Å². The summed E-state index contributed by atoms with van der Waals surface area (Å²) < 4.78 is 41.2. The molecule has 2 heterocycles. The number of aromatic nitrogens is 2. The molecule has 36 heavy (non-hydrogen) atoms. The molecule has 5 rings (SSSR count). The zero-order chi connectivity index (χ0) is 25.3. The molecule has 2 aliphatic rings. The van der Waals surface area contributed by atoms with Crippen molar-refractivity contribution in [1.82, 2.24) is 19.8 Å². The number of nitrogens with zero attached hydrogens (tertiary/aromatic N) is 2. The summed E-state index contributed by atoms with van der Waals surface area (Å²) in [4.78, 5) is 12.2. The lowest BCUT2D eigenvalue weighted by Crippen LogP contribution is -2.42. The van der Waals surface area contributed by atoms with Gasteiger partial charge in [-0.05, 0) is 61.1 Å². The molecule has 4 N–H and O–H groups in total. The van der Waals surface area contributed by atoms with Crippen LogP contribution < -0.4 is 11.1 Å². The Labute approximate surface area is 210 Å². The van der Waals surface area contributed by atoms with Gasteiger partial charge in [0.2, 0.25) is 10.0 Å². The van der Waals surface area contributed by atoms with Gasteiger partial charge in [0.05, 0.1) is 11.3 Å². The molecule has 0 radical (unpaired) electrons. The monoisotopic (exact) mass is 513 g/mol. The summed E-state index contributed by atoms with van der Waals surface area (Å²) in [6, 6.07) is 10.2. The second-order valence-electron chi connectivity index (χ2n) is 9.86. The fraction of sp³-hybridized carbons (Fsp3) is 0.462. The number of primary amides is 1. The molecule has 1 amide bonds. The maximum absolute atomic E-state index is 13.9. The Bertz CT molecular complexity index is 1360. The van der Waals surface area contributed by atoms with Crippen LogP contribution in [0.5, 0.6) is 0 Å². The van der Waals surface area contributed by atoms with E-state index in [1.807, 2.05) is 6.07 Å². The van der Waals surface area contributed by atoms with E-state index in [2.05, 4.69) is 15.5 Å². The maximum atomic E-state index is 13.9. The van der Waals surface area contributed by atoms with Crippen molar-refractivity contribution in [3.05, 3.63) is 53.5 Å². The topological polar surface area (TPSA) is 121 Å². The molecule has 1 saturated carbocycles. The summed E-state index contributed by atoms with van der Waals surface area (Å²) >= 11 is 0. The first-order chi connectivity index (χ1) is 17.3. The lowest BCUT2D eigenvalue weighted by molar-refractivity contribution is 0.100. The van der Waals surface area contributed by atoms with Crippen LogP contribution in [-0.4, -0.2) is 60.3 Å². The maximum Gasteiger partial charge on any atom is 0.251 e. The molecule has 3 aromatic rings. The molecule has 192 valence electrons. The van der Waals surface area contributed by atoms with Crippen molar-refractivity contribution in [1.29, 1.82) is 0 Å². The predicted molar refractivity (Wildman–Crippen MR) is 138 cm³/mol. The van der Waals surface area contributed by atoms with Crippen LogP contribution >= 0.6 is 0 Å². The van der Waals surface area contributed by atoms with Crippen molar-refractivity contribution in [3.8, 4) is 11.1 Å². The second kappa shape index (κ2) is 10.3. The number of nitrogens with one attached hydrogen (secondary N) is 2. The van der Waals surface area contributed by atoms with E-state index in [0.29, 0.717) is 55.2 Å². The Morgan fingerprint density at radius 2 is 1.86 bits per heavy atom. The Balaban J connectivity index is 1.33. The highest BCUT2D eigenvalue weighted by molar-refractivity contribution is 7.89. The van der Waals surface area contributed by atoms with Crippen LogP contribution in [0.25, 0.3) is 22.0 Å². The van der Waals surface area contributed by atoms with Gasteiger partial charge in [-0.25, -0.2) is 17.1 Å². The largest absolute Gasteiger partial charge is 0.366 e. The fourth-order valence-electron chi connectivity index (χ4n) is 5.54. The minimum Gasteiger partial charge on any atom is -0.366 e. The van der Waals surface area contributed by atoms with E-state index in [1.165, 1.54) is 25.0 Å². The van der Waals surface area contributed by atoms with E-state index >= 15 is 0 Å². The van der Waals surface area contributed by atoms with Gasteiger partial charge in [-0.2, -0.15) is 5.10 Å². The molecule has 1 aliphatic carbocycles. The van der Waals surface area contributed by atoms with Crippen LogP contribution in [0, 0.1) is 5.82 Å². The molecular formula is C26H32FN5O3S. The number of fused-ring (bicyclic) bond motifs is 1. The first-order valence-corrected chi connectivity index (χ1v) is 14.2. The van der Waals surface area contributed by atoms with E-state index in [1.54, 1.807) is 22.5 Å². The van der Waals surface area contributed by atoms with E-state index in [0.717, 1.165) is 23.9 Å². The molecule has 8 nitrogen and oxygen atoms in total. The Morgan fingerprint density at radius 3 is 2.56 bits per heavy atom. The number of rotatable bonds is 8. The van der Waals surface area contributed by atoms with Crippen LogP contribution in [0.3, 0.4) is 0 Å². The average molecular weight is 514 g/mol. The quantitative estimate of drug-likeness (QED) is 0.426. The summed E-state index contributed by atoms with van der Waals surface area (Å²) in [5, 5.41) is 11.6. The number of aromatic amines is 1. The minimum atomic E-state index is -3.33. The van der Waals surface area contributed by atoms with Crippen molar-refractivity contribution in [2.75, 3.05) is 25.4 Å². The highest BCUT2D eigenvalue weighted by atomic mass is 32.2. The van der Waals surface area contributed by atoms with Crippen LogP contribution in [0.2, 0.25) is 0 Å². The number of benzene rings is 2. The Kier molecular flexibility index (Phi) is 7.09. The van der Waals surface area contributed by atoms with Crippen molar-refractivity contribution in [3.63, 3.8) is 0 Å². The number of carbonyl (C=O) groups is 1. The number of hydrogen-bond donors (Lipinski definition) is 3. The van der Waals surface area contributed by atoms with Gasteiger partial charge >= 0.3 is 0 Å². The molecule has 10 heteroatoms. The van der Waals surface area contributed by atoms with Crippen molar-refractivity contribution >= 4 is 26.8 Å². The Hall–Kier alpha value is -2.82. The van der Waals surface area contributed by atoms with Gasteiger partial charge in [0, 0.05) is 42.7 Å². The van der Waals surface area contributed by atoms with Crippen LogP contribution in [0.15, 0.2) is 36.4 Å². The lowest BCUT2D eigenvalue weighted by atomic mass is 9.90. The molecule has 2 fully saturated rings. The van der Waals surface area contributed by atoms with E-state index in [4.69, 9.17) is 5.73 Å². The first-order valence-electron chi connectivity index (χ1n) is 12.6. The smallest absolute Gasteiger partial charge is 0.251 e. The van der Waals surface area contributed by atoms with E-state index < -0.39 is 15.9 Å². The second-order valence-corrected chi connectivity index (χ2v) is 11.9. The normalized spacial score (nSPS) is 18.2. The summed E-state index contributed by atoms with van der Waals surface area (Å²) in [7, 11) is -3.33. The van der Waals surface area contributed by atoms with Crippen molar-refractivity contribution < 1.29 is 17.6 Å². The highest BCUT2D eigenvalue weighted by Crippen LogP contribution is 2.36. The number of amides is 1. The summed E-state index contributed by atoms with van der Waals surface area (Å²) in [6.07, 6.45) is 5.96. The van der Waals surface area contributed by atoms with E-state index in [-0.39, 0.29) is 23.1 Å². The third-order valence-corrected chi connectivity index (χ3v) is 9.39. The van der Waals surface area contributed by atoms with Gasteiger partial charge < -0.3 is 11.1 Å². The standard InChI is InChI=1S/C26H32FN5O3S/c27-20-5-3-4-18(14-20)19-15-22-24(30-31-25(22)23(16-19)26(28)33)17-8-11-32(12-9-17)36(34,35)13-10-29-21-6-1-2-7-21/h3-5,14-17,21,29H,1-2,6-13H2,(H2,28,33)(H,30,31). The van der Waals surface area contributed by atoms with Gasteiger partial charge in [-0.15, -0.1) is 0 Å². The molecule has 0 atom stereocenters. The van der Waals surface area contributed by atoms with Gasteiger partial charge in [0.15, 0.2) is 0 Å². The van der Waals surface area contributed by atoms with Gasteiger partial charge in [0.1, 0.15) is 11.3 Å². The van der Waals surface area contributed by atoms with Crippen LogP contribution in [0.4, 0.5) is 4.39 Å². The van der Waals surface area contributed by atoms with Crippen molar-refractivity contribution in [2.45, 2.75) is 50.5 Å². The van der Waals surface area contributed by atoms with Gasteiger partial charge in [0.25, 0.3) is 5.91 Å². The third-order valence-electron chi connectivity index (χ3n) is 7.52. The molecule has 1 aromatic heterocycles. The summed E-state index contributed by atoms with van der Waals surface area (Å²) in [5.74, 6) is -0.808. The van der Waals surface area contributed by atoms with Crippen molar-refractivity contribution in [2.24, 2.45) is 5.73 Å². The molecule has 1 aliphatic heterocycles. The predicted octanol–water partition coefficient (Wildman–Crippen LogP) is 3.51. The summed E-state index contributed by atoms with van der Waals surface area (Å²) in [5.41, 5.74) is 8.55. The molecule has 1 saturated heterocycles. The Morgan fingerprint density at radius 1 is 1.11 bits per heavy atom. The lowest BCUT2D eigenvalue weighted by Gasteiger charge is -2.31. The number of halogens is 1. The number of piperidine rings is 1. The fourth-order valence-corrected chi connectivity index (χ4v) is 6.95. The minimum absolute atomic E-state index is 0.0570. The van der Waals surface area contributed by atoms with E-state index in [9.17, 15) is 17.6 Å². The molecule has 0 unspecified atom stereocenters. The number of sulfonamides is 1. The summed E-state index contributed by atoms with van der Waals surface area (Å²) in [6.45, 7) is 1.35. The zero-order valence-corrected chi connectivity index (χ0v) is 21.0. The SMILES string of the molecule is NC(=O)c1cc(-c2cccc(F)c2)cc2c(C3CCN(S(=O)(=O)CCNC4CCCC4)CC3)[nH]nc12. The highest BCUT2D eigenvalue weighted by Gasteiger charge is 2.31. The zero-order valence-electron chi connectivity index (χ0n) is 20.2. The number of hydrogen-bond acceptors (Lipinski definition) is 5. The van der Waals surface area contributed by atoms with Crippen LogP contribution in [0.1, 0.15) is 60.5 Å². The number of nitrogens with two attached hydrogens (primary N) is 1. The molecule has 0 spiro atoms. The number of H-pyrrole nitrogens is 1. The molecule has 2 aromatic carbocycles.